The second kappa shape index (κ2) is 9.46. The number of ketones is 1. The minimum Gasteiger partial charge on any atom is -0.464 e. The summed E-state index contributed by atoms with van der Waals surface area (Å²) in [7, 11) is -1.03. The summed E-state index contributed by atoms with van der Waals surface area (Å²) in [5.74, 6) is -0.967. The molecular weight excluding hydrogens is 430 g/mol. The molecule has 9 heteroatoms. The van der Waals surface area contributed by atoms with Crippen LogP contribution in [0.4, 0.5) is 0 Å². The highest BCUT2D eigenvalue weighted by Gasteiger charge is 2.31. The Hall–Kier alpha value is -3.30. The number of carbonyl (C=O) groups excluding carboxylic acids is 2. The van der Waals surface area contributed by atoms with E-state index in [4.69, 9.17) is 4.74 Å². The monoisotopic (exact) mass is 455 g/mol. The Kier molecular flexibility index (Phi) is 6.90. The van der Waals surface area contributed by atoms with Crippen LogP contribution in [0.15, 0.2) is 59.8 Å². The fourth-order valence-electron chi connectivity index (χ4n) is 3.68. The number of carbonyl (C=O) groups is 2. The molecule has 0 aliphatic heterocycles. The quantitative estimate of drug-likeness (QED) is 0.383. The van der Waals surface area contributed by atoms with Gasteiger partial charge in [-0.2, -0.15) is 4.31 Å². The van der Waals surface area contributed by atoms with Crippen molar-refractivity contribution in [2.24, 2.45) is 7.05 Å². The third kappa shape index (κ3) is 4.49. The Labute approximate surface area is 187 Å². The van der Waals surface area contributed by atoms with Crippen LogP contribution < -0.4 is 0 Å². The first-order chi connectivity index (χ1) is 15.2. The summed E-state index contributed by atoms with van der Waals surface area (Å²) in [6.45, 7) is 2.96. The minimum atomic E-state index is -3.97. The number of nitrogens with zero attached hydrogens (tertiary/aromatic N) is 3. The average Bonchev–Trinajstić information content (AvgIpc) is 3.02. The molecule has 0 amide bonds. The number of methoxy groups -OCH3 is 1. The number of esters is 1. The summed E-state index contributed by atoms with van der Waals surface area (Å²) in [4.78, 5) is 29.7. The molecule has 3 aromatic rings. The first-order valence-electron chi connectivity index (χ1n) is 9.90. The van der Waals surface area contributed by atoms with Gasteiger partial charge in [0.25, 0.3) is 0 Å². The zero-order valence-corrected chi connectivity index (χ0v) is 19.2. The van der Waals surface area contributed by atoms with Crippen LogP contribution in [0.3, 0.4) is 0 Å². The van der Waals surface area contributed by atoms with Crippen LogP contribution in [0.25, 0.3) is 0 Å². The normalized spacial score (nSPS) is 11.5. The minimum absolute atomic E-state index is 0.0222. The second-order valence-corrected chi connectivity index (χ2v) is 9.29. The molecule has 0 N–H and O–H groups in total. The molecule has 0 saturated heterocycles. The number of hydrogen-bond donors (Lipinski definition) is 0. The molecule has 0 unspecified atom stereocenters. The van der Waals surface area contributed by atoms with E-state index in [1.54, 1.807) is 68.2 Å². The van der Waals surface area contributed by atoms with Gasteiger partial charge >= 0.3 is 5.97 Å². The Bertz CT molecular complexity index is 1240. The van der Waals surface area contributed by atoms with Crippen molar-refractivity contribution in [2.75, 3.05) is 13.7 Å². The molecule has 0 radical (unpaired) electrons. The molecule has 0 aliphatic carbocycles. The highest BCUT2D eigenvalue weighted by molar-refractivity contribution is 7.89. The molecule has 1 aromatic carbocycles. The van der Waals surface area contributed by atoms with Crippen molar-refractivity contribution in [1.29, 1.82) is 0 Å². The van der Waals surface area contributed by atoms with Crippen molar-refractivity contribution in [1.82, 2.24) is 13.9 Å². The highest BCUT2D eigenvalue weighted by atomic mass is 32.2. The summed E-state index contributed by atoms with van der Waals surface area (Å²) in [6, 6.07) is 11.4. The van der Waals surface area contributed by atoms with Gasteiger partial charge in [-0.3, -0.25) is 9.78 Å². The molecule has 32 heavy (non-hydrogen) atoms. The number of benzene rings is 1. The number of ether oxygens (including phenoxy) is 1. The van der Waals surface area contributed by atoms with Gasteiger partial charge in [0, 0.05) is 37.2 Å². The van der Waals surface area contributed by atoms with Gasteiger partial charge in [0.1, 0.15) is 5.69 Å². The topological polar surface area (TPSA) is 98.6 Å². The third-order valence-electron chi connectivity index (χ3n) is 5.37. The van der Waals surface area contributed by atoms with E-state index in [1.807, 2.05) is 0 Å². The Morgan fingerprint density at radius 2 is 1.78 bits per heavy atom. The Balaban J connectivity index is 2.02. The van der Waals surface area contributed by atoms with E-state index < -0.39 is 28.3 Å². The lowest BCUT2D eigenvalue weighted by Gasteiger charge is -2.22. The summed E-state index contributed by atoms with van der Waals surface area (Å²) in [6.07, 6.45) is 3.15. The molecular formula is C23H25N3O5S. The summed E-state index contributed by atoms with van der Waals surface area (Å²) >= 11 is 0. The van der Waals surface area contributed by atoms with Crippen molar-refractivity contribution in [3.05, 3.63) is 82.9 Å². The SMILES string of the molecule is COC(=O)c1c(C)c(C(=O)CN(Cc2cccnc2)S(=O)(=O)c2ccccc2)c(C)n1C. The maximum Gasteiger partial charge on any atom is 0.354 e. The van der Waals surface area contributed by atoms with Crippen LogP contribution in [-0.4, -0.2) is 47.7 Å². The van der Waals surface area contributed by atoms with E-state index >= 15 is 0 Å². The first-order valence-corrected chi connectivity index (χ1v) is 11.3. The van der Waals surface area contributed by atoms with Crippen LogP contribution >= 0.6 is 0 Å². The maximum absolute atomic E-state index is 13.4. The molecule has 0 fully saturated rings. The number of aromatic nitrogens is 2. The smallest absolute Gasteiger partial charge is 0.354 e. The van der Waals surface area contributed by atoms with Crippen molar-refractivity contribution >= 4 is 21.8 Å². The molecule has 2 heterocycles. The lowest BCUT2D eigenvalue weighted by atomic mass is 10.1. The predicted octanol–water partition coefficient (Wildman–Crippen LogP) is 2.90. The average molecular weight is 456 g/mol. The van der Waals surface area contributed by atoms with Crippen molar-refractivity contribution < 1.29 is 22.7 Å². The van der Waals surface area contributed by atoms with E-state index in [9.17, 15) is 18.0 Å². The molecule has 168 valence electrons. The van der Waals surface area contributed by atoms with Gasteiger partial charge in [0.05, 0.1) is 18.6 Å². The highest BCUT2D eigenvalue weighted by Crippen LogP contribution is 2.25. The molecule has 0 bridgehead atoms. The summed E-state index contributed by atoms with van der Waals surface area (Å²) < 4.78 is 34.3. The standard InChI is InChI=1S/C23H25N3O5S/c1-16-21(17(2)25(3)22(16)23(28)31-4)20(27)15-26(14-18-9-8-12-24-13-18)32(29,30)19-10-6-5-7-11-19/h5-13H,14-15H2,1-4H3. The van der Waals surface area contributed by atoms with Crippen molar-refractivity contribution in [2.45, 2.75) is 25.3 Å². The van der Waals surface area contributed by atoms with E-state index in [-0.39, 0.29) is 17.1 Å². The van der Waals surface area contributed by atoms with E-state index in [1.165, 1.54) is 19.2 Å². The van der Waals surface area contributed by atoms with Crippen LogP contribution in [-0.2, 0) is 28.4 Å². The molecule has 0 atom stereocenters. The van der Waals surface area contributed by atoms with Gasteiger partial charge in [-0.05, 0) is 43.2 Å². The van der Waals surface area contributed by atoms with Gasteiger partial charge in [-0.25, -0.2) is 13.2 Å². The molecule has 0 spiro atoms. The Morgan fingerprint density at radius 1 is 1.09 bits per heavy atom. The molecule has 3 rings (SSSR count). The van der Waals surface area contributed by atoms with Gasteiger partial charge in [-0.1, -0.05) is 24.3 Å². The number of pyridine rings is 1. The van der Waals surface area contributed by atoms with Gasteiger partial charge in [0.15, 0.2) is 5.78 Å². The summed E-state index contributed by atoms with van der Waals surface area (Å²) in [5.41, 5.74) is 2.24. The maximum atomic E-state index is 13.4. The van der Waals surface area contributed by atoms with E-state index in [0.29, 0.717) is 22.4 Å². The third-order valence-corrected chi connectivity index (χ3v) is 7.18. The number of rotatable bonds is 8. The fourth-order valence-corrected chi connectivity index (χ4v) is 5.08. The lowest BCUT2D eigenvalue weighted by molar-refractivity contribution is 0.0588. The largest absolute Gasteiger partial charge is 0.464 e. The molecule has 2 aromatic heterocycles. The zero-order chi connectivity index (χ0) is 23.5. The van der Waals surface area contributed by atoms with Gasteiger partial charge < -0.3 is 9.30 Å². The van der Waals surface area contributed by atoms with Crippen LogP contribution in [0.2, 0.25) is 0 Å². The van der Waals surface area contributed by atoms with Crippen molar-refractivity contribution in [3.63, 3.8) is 0 Å². The Morgan fingerprint density at radius 3 is 2.38 bits per heavy atom. The van der Waals surface area contributed by atoms with E-state index in [2.05, 4.69) is 4.98 Å². The lowest BCUT2D eigenvalue weighted by Crippen LogP contribution is -2.35. The zero-order valence-electron chi connectivity index (χ0n) is 18.4. The number of Topliss-reactive ketones (excluding diaryl/α,β-unsaturated/α-hetero) is 1. The number of hydrogen-bond acceptors (Lipinski definition) is 6. The molecule has 8 nitrogen and oxygen atoms in total. The van der Waals surface area contributed by atoms with Crippen molar-refractivity contribution in [3.8, 4) is 0 Å². The van der Waals surface area contributed by atoms with Crippen LogP contribution in [0.1, 0.15) is 37.7 Å². The summed E-state index contributed by atoms with van der Waals surface area (Å²) in [5, 5.41) is 0. The molecule has 0 aliphatic rings. The van der Waals surface area contributed by atoms with Crippen LogP contribution in [0, 0.1) is 13.8 Å². The predicted molar refractivity (Wildman–Crippen MR) is 119 cm³/mol. The molecule has 0 saturated carbocycles. The van der Waals surface area contributed by atoms with Crippen LogP contribution in [0.5, 0.6) is 0 Å². The van der Waals surface area contributed by atoms with Gasteiger partial charge in [-0.15, -0.1) is 0 Å². The van der Waals surface area contributed by atoms with Gasteiger partial charge in [0.2, 0.25) is 10.0 Å². The fraction of sp³-hybridized carbons (Fsp3) is 0.261. The van der Waals surface area contributed by atoms with E-state index in [0.717, 1.165) is 4.31 Å². The second-order valence-electron chi connectivity index (χ2n) is 7.36. The number of sulfonamides is 1. The first kappa shape index (κ1) is 23.4.